The van der Waals surface area contributed by atoms with Crippen LogP contribution in [0.25, 0.3) is 0 Å². The number of piperidine rings is 1. The third-order valence-electron chi connectivity index (χ3n) is 6.98. The van der Waals surface area contributed by atoms with E-state index in [0.717, 1.165) is 6.42 Å². The van der Waals surface area contributed by atoms with Gasteiger partial charge in [-0.1, -0.05) is 13.8 Å². The van der Waals surface area contributed by atoms with E-state index < -0.39 is 28.8 Å². The largest absolute Gasteiger partial charge is 0.467 e. The van der Waals surface area contributed by atoms with Gasteiger partial charge in [0.2, 0.25) is 11.8 Å². The van der Waals surface area contributed by atoms with Crippen LogP contribution in [0.1, 0.15) is 79.6 Å². The monoisotopic (exact) mass is 465 g/mol. The number of fused-ring (bicyclic) bond motifs is 1. The van der Waals surface area contributed by atoms with Gasteiger partial charge in [-0.05, 0) is 71.6 Å². The SMILES string of the molecule is COC(=O)[C@]12CCCN1C(=O)[C@](CC(C)C)(NC(=O)[C@@H]1CCCN1C(=O)OC(C)(C)C)CC2. The van der Waals surface area contributed by atoms with Gasteiger partial charge in [0.25, 0.3) is 0 Å². The van der Waals surface area contributed by atoms with E-state index in [1.807, 2.05) is 13.8 Å². The molecule has 3 heterocycles. The van der Waals surface area contributed by atoms with Crippen LogP contribution in [0.15, 0.2) is 0 Å². The molecule has 33 heavy (non-hydrogen) atoms. The molecule has 186 valence electrons. The van der Waals surface area contributed by atoms with E-state index in [1.54, 1.807) is 25.7 Å². The minimum atomic E-state index is -1.10. The Balaban J connectivity index is 1.84. The van der Waals surface area contributed by atoms with Gasteiger partial charge in [-0.3, -0.25) is 14.5 Å². The molecule has 0 aromatic heterocycles. The van der Waals surface area contributed by atoms with Gasteiger partial charge in [-0.15, -0.1) is 0 Å². The molecule has 1 N–H and O–H groups in total. The lowest BCUT2D eigenvalue weighted by atomic mass is 9.73. The highest BCUT2D eigenvalue weighted by Gasteiger charge is 2.60. The van der Waals surface area contributed by atoms with Crippen LogP contribution in [-0.2, 0) is 23.9 Å². The van der Waals surface area contributed by atoms with Crippen LogP contribution in [-0.4, -0.2) is 76.6 Å². The van der Waals surface area contributed by atoms with Crippen LogP contribution in [0.4, 0.5) is 4.79 Å². The Hall–Kier alpha value is -2.32. The zero-order valence-electron chi connectivity index (χ0n) is 20.9. The molecule has 0 bridgehead atoms. The van der Waals surface area contributed by atoms with Crippen LogP contribution in [0.2, 0.25) is 0 Å². The van der Waals surface area contributed by atoms with Gasteiger partial charge in [0.1, 0.15) is 22.7 Å². The van der Waals surface area contributed by atoms with E-state index in [2.05, 4.69) is 5.32 Å². The number of carbonyl (C=O) groups is 4. The Labute approximate surface area is 196 Å². The van der Waals surface area contributed by atoms with Crippen molar-refractivity contribution < 1.29 is 28.7 Å². The molecule has 3 aliphatic heterocycles. The summed E-state index contributed by atoms with van der Waals surface area (Å²) >= 11 is 0. The molecule has 3 aliphatic rings. The zero-order valence-corrected chi connectivity index (χ0v) is 20.9. The fourth-order valence-corrected chi connectivity index (χ4v) is 5.68. The van der Waals surface area contributed by atoms with Crippen LogP contribution in [0.3, 0.4) is 0 Å². The lowest BCUT2D eigenvalue weighted by Crippen LogP contribution is -2.70. The minimum Gasteiger partial charge on any atom is -0.467 e. The summed E-state index contributed by atoms with van der Waals surface area (Å²) in [6.07, 6.45) is 3.27. The molecule has 9 heteroatoms. The molecule has 0 spiro atoms. The van der Waals surface area contributed by atoms with Crippen molar-refractivity contribution in [1.82, 2.24) is 15.1 Å². The maximum absolute atomic E-state index is 13.8. The third-order valence-corrected chi connectivity index (χ3v) is 6.98. The number of carbonyl (C=O) groups excluding carboxylic acids is 4. The van der Waals surface area contributed by atoms with Gasteiger partial charge >= 0.3 is 12.1 Å². The molecule has 3 atom stereocenters. The molecule has 0 aromatic rings. The van der Waals surface area contributed by atoms with Crippen molar-refractivity contribution in [1.29, 1.82) is 0 Å². The second kappa shape index (κ2) is 9.14. The number of hydrogen-bond donors (Lipinski definition) is 1. The predicted octanol–water partition coefficient (Wildman–Crippen LogP) is 2.61. The molecular weight excluding hydrogens is 426 g/mol. The number of rotatable bonds is 5. The number of hydrogen-bond acceptors (Lipinski definition) is 6. The van der Waals surface area contributed by atoms with Crippen molar-refractivity contribution in [3.8, 4) is 0 Å². The first-order valence-electron chi connectivity index (χ1n) is 12.1. The van der Waals surface area contributed by atoms with E-state index in [9.17, 15) is 19.2 Å². The van der Waals surface area contributed by atoms with Crippen molar-refractivity contribution in [2.45, 2.75) is 102 Å². The van der Waals surface area contributed by atoms with Crippen LogP contribution in [0.5, 0.6) is 0 Å². The topological polar surface area (TPSA) is 105 Å². The first kappa shape index (κ1) is 25.3. The van der Waals surface area contributed by atoms with Crippen molar-refractivity contribution in [3.63, 3.8) is 0 Å². The van der Waals surface area contributed by atoms with Gasteiger partial charge in [0.05, 0.1) is 7.11 Å². The molecule has 0 unspecified atom stereocenters. The molecule has 3 fully saturated rings. The highest BCUT2D eigenvalue weighted by atomic mass is 16.6. The average Bonchev–Trinajstić information content (AvgIpc) is 3.36. The fraction of sp³-hybridized carbons (Fsp3) is 0.833. The zero-order chi connectivity index (χ0) is 24.6. The number of ether oxygens (including phenoxy) is 2. The summed E-state index contributed by atoms with van der Waals surface area (Å²) in [5, 5.41) is 3.06. The van der Waals surface area contributed by atoms with Crippen LogP contribution in [0, 0.1) is 5.92 Å². The van der Waals surface area contributed by atoms with Gasteiger partial charge in [0, 0.05) is 13.1 Å². The Morgan fingerprint density at radius 2 is 1.82 bits per heavy atom. The molecule has 3 rings (SSSR count). The van der Waals surface area contributed by atoms with Gasteiger partial charge < -0.3 is 19.7 Å². The Bertz CT molecular complexity index is 807. The van der Waals surface area contributed by atoms with Crippen molar-refractivity contribution in [2.75, 3.05) is 20.2 Å². The average molecular weight is 466 g/mol. The number of nitrogens with one attached hydrogen (secondary N) is 1. The summed E-state index contributed by atoms with van der Waals surface area (Å²) in [6, 6.07) is -0.678. The molecule has 0 radical (unpaired) electrons. The molecule has 0 saturated carbocycles. The quantitative estimate of drug-likeness (QED) is 0.626. The summed E-state index contributed by atoms with van der Waals surface area (Å²) in [6.45, 7) is 10.3. The summed E-state index contributed by atoms with van der Waals surface area (Å²) < 4.78 is 10.5. The Morgan fingerprint density at radius 3 is 2.42 bits per heavy atom. The van der Waals surface area contributed by atoms with E-state index in [0.29, 0.717) is 51.6 Å². The second-order valence-electron chi connectivity index (χ2n) is 11.1. The van der Waals surface area contributed by atoms with E-state index in [4.69, 9.17) is 9.47 Å². The van der Waals surface area contributed by atoms with Gasteiger partial charge in [-0.2, -0.15) is 0 Å². The van der Waals surface area contributed by atoms with Crippen LogP contribution < -0.4 is 5.32 Å². The van der Waals surface area contributed by atoms with E-state index in [1.165, 1.54) is 12.0 Å². The normalized spacial score (nSPS) is 29.8. The maximum atomic E-state index is 13.8. The summed E-state index contributed by atoms with van der Waals surface area (Å²) in [7, 11) is 1.35. The summed E-state index contributed by atoms with van der Waals surface area (Å²) in [5.41, 5.74) is -2.70. The standard InChI is InChI=1S/C24H39N3O6/c1-16(2)15-23(11-12-24(20(30)32-6)10-8-14-27(24)19(23)29)25-18(28)17-9-7-13-26(17)21(31)33-22(3,4)5/h16-17H,7-15H2,1-6H3,(H,25,28)/t17-,23-,24+/m0/s1. The Morgan fingerprint density at radius 1 is 1.12 bits per heavy atom. The van der Waals surface area contributed by atoms with Crippen LogP contribution >= 0.6 is 0 Å². The molecule has 9 nitrogen and oxygen atoms in total. The smallest absolute Gasteiger partial charge is 0.410 e. The molecule has 0 aromatic carbocycles. The molecule has 3 saturated heterocycles. The number of methoxy groups -OCH3 is 1. The Kier molecular flexibility index (Phi) is 7.01. The van der Waals surface area contributed by atoms with Crippen molar-refractivity contribution in [2.24, 2.45) is 5.92 Å². The van der Waals surface area contributed by atoms with Gasteiger partial charge in [-0.25, -0.2) is 9.59 Å². The second-order valence-corrected chi connectivity index (χ2v) is 11.1. The highest BCUT2D eigenvalue weighted by Crippen LogP contribution is 2.44. The van der Waals surface area contributed by atoms with Gasteiger partial charge in [0.15, 0.2) is 0 Å². The molecule has 0 aliphatic carbocycles. The molecule has 3 amide bonds. The summed E-state index contributed by atoms with van der Waals surface area (Å²) in [4.78, 5) is 55.7. The number of amides is 3. The first-order valence-corrected chi connectivity index (χ1v) is 12.1. The maximum Gasteiger partial charge on any atom is 0.410 e. The molecular formula is C24H39N3O6. The summed E-state index contributed by atoms with van der Waals surface area (Å²) in [5.74, 6) is -0.796. The number of likely N-dealkylation sites (tertiary alicyclic amines) is 1. The van der Waals surface area contributed by atoms with E-state index >= 15 is 0 Å². The number of esters is 1. The first-order chi connectivity index (χ1) is 15.3. The fourth-order valence-electron chi connectivity index (χ4n) is 5.68. The van der Waals surface area contributed by atoms with Crippen molar-refractivity contribution >= 4 is 23.9 Å². The lowest BCUT2D eigenvalue weighted by Gasteiger charge is -2.49. The minimum absolute atomic E-state index is 0.146. The predicted molar refractivity (Wildman–Crippen MR) is 121 cm³/mol. The highest BCUT2D eigenvalue weighted by molar-refractivity contribution is 5.98. The lowest BCUT2D eigenvalue weighted by molar-refractivity contribution is -0.169. The van der Waals surface area contributed by atoms with Crippen molar-refractivity contribution in [3.05, 3.63) is 0 Å². The van der Waals surface area contributed by atoms with E-state index in [-0.39, 0.29) is 23.7 Å². The third kappa shape index (κ3) is 4.82. The number of nitrogens with zero attached hydrogens (tertiary/aromatic N) is 2.